The maximum atomic E-state index is 13.9. The van der Waals surface area contributed by atoms with Gasteiger partial charge in [0.05, 0.1) is 23.2 Å². The van der Waals surface area contributed by atoms with Crippen LogP contribution in [0.1, 0.15) is 25.3 Å². The molecular weight excluding hydrogens is 456 g/mol. The van der Waals surface area contributed by atoms with Crippen molar-refractivity contribution in [1.29, 1.82) is 0 Å². The molecule has 3 aromatic rings. The van der Waals surface area contributed by atoms with E-state index in [1.807, 2.05) is 92.7 Å². The predicted octanol–water partition coefficient (Wildman–Crippen LogP) is 4.58. The Kier molecular flexibility index (Phi) is 5.29. The monoisotopic (exact) mass is 480 g/mol. The van der Waals surface area contributed by atoms with E-state index in [4.69, 9.17) is 9.47 Å². The number of fused-ring (bicyclic) bond motifs is 1. The zero-order valence-corrected chi connectivity index (χ0v) is 19.9. The fraction of sp³-hybridized carbons (Fsp3) is 0.214. The van der Waals surface area contributed by atoms with Crippen molar-refractivity contribution in [1.82, 2.24) is 0 Å². The van der Waals surface area contributed by atoms with Gasteiger partial charge in [-0.05, 0) is 55.8 Å². The van der Waals surface area contributed by atoms with Gasteiger partial charge >= 0.3 is 0 Å². The van der Waals surface area contributed by atoms with E-state index in [2.05, 4.69) is 10.2 Å². The van der Waals surface area contributed by atoms with Crippen molar-refractivity contribution in [2.24, 2.45) is 22.0 Å². The van der Waals surface area contributed by atoms with Crippen LogP contribution in [0.5, 0.6) is 11.5 Å². The summed E-state index contributed by atoms with van der Waals surface area (Å²) in [7, 11) is 0. The van der Waals surface area contributed by atoms with Crippen LogP contribution in [0, 0.1) is 11.8 Å². The van der Waals surface area contributed by atoms with Crippen LogP contribution in [-0.2, 0) is 9.59 Å². The lowest BCUT2D eigenvalue weighted by Crippen LogP contribution is -2.40. The molecule has 0 bridgehead atoms. The molecule has 0 saturated heterocycles. The zero-order chi connectivity index (χ0) is 24.8. The molecule has 8 heteroatoms. The number of hydrazone groups is 2. The standard InChI is InChI=1S/C28H24N4O4/c1-17-24(27(33)31(29-17)20-9-5-3-6-10-20)26(19-13-14-22-23(15-19)36-16-35-22)25-18(2)30-32(28(25)34)21-11-7-4-8-12-21/h3-15,24-26H,16H2,1-2H3. The Labute approximate surface area is 208 Å². The van der Waals surface area contributed by atoms with Crippen LogP contribution in [0.15, 0.2) is 89.1 Å². The number of hydrogen-bond acceptors (Lipinski definition) is 6. The second kappa shape index (κ2) is 8.64. The summed E-state index contributed by atoms with van der Waals surface area (Å²) in [5, 5.41) is 12.1. The van der Waals surface area contributed by atoms with Crippen LogP contribution >= 0.6 is 0 Å². The summed E-state index contributed by atoms with van der Waals surface area (Å²) in [6, 6.07) is 24.2. The van der Waals surface area contributed by atoms with Crippen molar-refractivity contribution in [2.75, 3.05) is 16.8 Å². The van der Waals surface area contributed by atoms with Crippen LogP contribution in [-0.4, -0.2) is 30.0 Å². The molecule has 0 saturated carbocycles. The van der Waals surface area contributed by atoms with Gasteiger partial charge in [-0.25, -0.2) is 10.0 Å². The molecule has 0 fully saturated rings. The number of rotatable bonds is 5. The summed E-state index contributed by atoms with van der Waals surface area (Å²) in [5.74, 6) is -0.964. The predicted molar refractivity (Wildman–Crippen MR) is 136 cm³/mol. The highest BCUT2D eigenvalue weighted by Crippen LogP contribution is 2.45. The molecule has 3 aliphatic heterocycles. The summed E-state index contributed by atoms with van der Waals surface area (Å²) in [5.41, 5.74) is 3.45. The van der Waals surface area contributed by atoms with E-state index in [9.17, 15) is 9.59 Å². The second-order valence-corrected chi connectivity index (χ2v) is 9.05. The highest BCUT2D eigenvalue weighted by atomic mass is 16.7. The molecule has 3 aromatic carbocycles. The van der Waals surface area contributed by atoms with Crippen LogP contribution < -0.4 is 19.5 Å². The van der Waals surface area contributed by atoms with E-state index in [0.717, 1.165) is 5.56 Å². The lowest BCUT2D eigenvalue weighted by Gasteiger charge is -2.28. The lowest BCUT2D eigenvalue weighted by atomic mass is 9.73. The van der Waals surface area contributed by atoms with Crippen LogP contribution in [0.25, 0.3) is 0 Å². The maximum Gasteiger partial charge on any atom is 0.256 e. The Morgan fingerprint density at radius 3 is 1.75 bits per heavy atom. The van der Waals surface area contributed by atoms with Gasteiger partial charge < -0.3 is 9.47 Å². The van der Waals surface area contributed by atoms with Gasteiger partial charge in [0.15, 0.2) is 11.5 Å². The fourth-order valence-corrected chi connectivity index (χ4v) is 5.19. The molecule has 0 aliphatic carbocycles. The fourth-order valence-electron chi connectivity index (χ4n) is 5.19. The molecule has 6 rings (SSSR count). The summed E-state index contributed by atoms with van der Waals surface area (Å²) >= 11 is 0. The van der Waals surface area contributed by atoms with Crippen molar-refractivity contribution in [3.05, 3.63) is 84.4 Å². The number of carbonyl (C=O) groups is 2. The third-order valence-corrected chi connectivity index (χ3v) is 6.87. The van der Waals surface area contributed by atoms with E-state index in [1.54, 1.807) is 0 Å². The number of carbonyl (C=O) groups excluding carboxylic acids is 2. The summed E-state index contributed by atoms with van der Waals surface area (Å²) < 4.78 is 11.1. The first-order valence-electron chi connectivity index (χ1n) is 11.8. The van der Waals surface area contributed by atoms with Crippen molar-refractivity contribution >= 4 is 34.6 Å². The molecule has 3 aliphatic rings. The molecule has 2 amide bonds. The number of hydrogen-bond donors (Lipinski definition) is 0. The molecule has 8 nitrogen and oxygen atoms in total. The quantitative estimate of drug-likeness (QED) is 0.535. The molecule has 0 radical (unpaired) electrons. The largest absolute Gasteiger partial charge is 0.454 e. The van der Waals surface area contributed by atoms with Crippen LogP contribution in [0.2, 0.25) is 0 Å². The number of ether oxygens (including phenoxy) is 2. The van der Waals surface area contributed by atoms with E-state index >= 15 is 0 Å². The minimum absolute atomic E-state index is 0.138. The first kappa shape index (κ1) is 22.0. The van der Waals surface area contributed by atoms with Gasteiger partial charge in [-0.2, -0.15) is 10.2 Å². The summed E-state index contributed by atoms with van der Waals surface area (Å²) in [6.45, 7) is 3.82. The Hall–Kier alpha value is -4.46. The number of para-hydroxylation sites is 2. The molecular formula is C28H24N4O4. The average molecular weight is 481 g/mol. The Bertz CT molecular complexity index is 1320. The maximum absolute atomic E-state index is 13.9. The normalized spacial score (nSPS) is 21.6. The number of anilines is 2. The third kappa shape index (κ3) is 3.53. The molecule has 36 heavy (non-hydrogen) atoms. The van der Waals surface area contributed by atoms with E-state index < -0.39 is 17.8 Å². The van der Waals surface area contributed by atoms with Gasteiger partial charge in [0.25, 0.3) is 11.8 Å². The first-order chi connectivity index (χ1) is 17.5. The molecule has 180 valence electrons. The highest BCUT2D eigenvalue weighted by molar-refractivity contribution is 6.19. The van der Waals surface area contributed by atoms with Crippen molar-refractivity contribution in [3.63, 3.8) is 0 Å². The molecule has 2 unspecified atom stereocenters. The van der Waals surface area contributed by atoms with Gasteiger partial charge in [0, 0.05) is 17.3 Å². The summed E-state index contributed by atoms with van der Waals surface area (Å²) in [4.78, 5) is 27.8. The molecule has 3 heterocycles. The third-order valence-electron chi connectivity index (χ3n) is 6.87. The van der Waals surface area contributed by atoms with Crippen LogP contribution in [0.3, 0.4) is 0 Å². The van der Waals surface area contributed by atoms with Crippen molar-refractivity contribution in [2.45, 2.75) is 19.8 Å². The molecule has 0 spiro atoms. The number of benzene rings is 3. The lowest BCUT2D eigenvalue weighted by molar-refractivity contribution is -0.122. The number of nitrogens with zero attached hydrogens (tertiary/aromatic N) is 4. The Morgan fingerprint density at radius 1 is 0.722 bits per heavy atom. The highest BCUT2D eigenvalue weighted by Gasteiger charge is 2.50. The summed E-state index contributed by atoms with van der Waals surface area (Å²) in [6.07, 6.45) is 0. The van der Waals surface area contributed by atoms with Crippen molar-refractivity contribution in [3.8, 4) is 11.5 Å². The average Bonchev–Trinajstić information content (AvgIpc) is 3.57. The zero-order valence-electron chi connectivity index (χ0n) is 19.9. The number of amides is 2. The van der Waals surface area contributed by atoms with Crippen LogP contribution in [0.4, 0.5) is 11.4 Å². The smallest absolute Gasteiger partial charge is 0.256 e. The molecule has 0 aromatic heterocycles. The van der Waals surface area contributed by atoms with E-state index in [0.29, 0.717) is 34.3 Å². The first-order valence-corrected chi connectivity index (χ1v) is 11.8. The van der Waals surface area contributed by atoms with Gasteiger partial charge in [-0.1, -0.05) is 42.5 Å². The van der Waals surface area contributed by atoms with E-state index in [1.165, 1.54) is 10.0 Å². The van der Waals surface area contributed by atoms with Gasteiger partial charge in [0.2, 0.25) is 6.79 Å². The van der Waals surface area contributed by atoms with Gasteiger partial charge in [-0.3, -0.25) is 9.59 Å². The van der Waals surface area contributed by atoms with Gasteiger partial charge in [-0.15, -0.1) is 0 Å². The molecule has 2 atom stereocenters. The Balaban J connectivity index is 1.44. The minimum atomic E-state index is -0.652. The minimum Gasteiger partial charge on any atom is -0.454 e. The second-order valence-electron chi connectivity index (χ2n) is 9.05. The molecule has 0 N–H and O–H groups in total. The SMILES string of the molecule is CC1=NN(c2ccccc2)C(=O)C1C(c1ccc2c(c1)OCO2)C1C(=O)N(c2ccccc2)N=C1C. The van der Waals surface area contributed by atoms with Gasteiger partial charge in [0.1, 0.15) is 0 Å². The van der Waals surface area contributed by atoms with Crippen molar-refractivity contribution < 1.29 is 19.1 Å². The topological polar surface area (TPSA) is 83.8 Å². The Morgan fingerprint density at radius 2 is 1.22 bits per heavy atom. The van der Waals surface area contributed by atoms with E-state index in [-0.39, 0.29) is 18.6 Å².